The van der Waals surface area contributed by atoms with Crippen molar-refractivity contribution < 1.29 is 19.5 Å². The second-order valence-corrected chi connectivity index (χ2v) is 36.5. The Morgan fingerprint density at radius 1 is 0.486 bits per heavy atom. The Kier molecular flexibility index (Phi) is 5.49. The molecule has 39 rings (SSSR count). The maximum Gasteiger partial charge on any atom is 0.303 e. The number of aromatic amines is 2. The Labute approximate surface area is 593 Å². The molecule has 480 valence electrons. The predicted octanol–water partition coefficient (Wildman–Crippen LogP) is 24.3. The molecular formula is C98H39N5O4. The van der Waals surface area contributed by atoms with Gasteiger partial charge in [0.15, 0.2) is 0 Å². The lowest BCUT2D eigenvalue weighted by Crippen LogP contribution is -2.54. The number of allylic oxidation sites excluding steroid dienone is 3. The van der Waals surface area contributed by atoms with E-state index in [9.17, 15) is 9.90 Å². The molecule has 3 aliphatic heterocycles. The fourth-order valence-electron chi connectivity index (χ4n) is 32.1. The Morgan fingerprint density at radius 3 is 1.23 bits per heavy atom. The molecule has 0 fully saturated rings. The molecule has 8 aliphatic rings. The second-order valence-electron chi connectivity index (χ2n) is 36.5. The first kappa shape index (κ1) is 47.7. The van der Waals surface area contributed by atoms with Crippen LogP contribution in [0.4, 0.5) is 0 Å². The van der Waals surface area contributed by atoms with Crippen LogP contribution in [-0.2, 0) is 15.6 Å². The summed E-state index contributed by atoms with van der Waals surface area (Å²) in [5.41, 5.74) is 18.0. The summed E-state index contributed by atoms with van der Waals surface area (Å²) in [5, 5.41) is 94.9. The van der Waals surface area contributed by atoms with E-state index in [1.165, 1.54) is 43.1 Å². The van der Waals surface area contributed by atoms with Crippen molar-refractivity contribution in [1.82, 2.24) is 24.8 Å². The summed E-state index contributed by atoms with van der Waals surface area (Å²) in [7, 11) is 0. The Hall–Kier alpha value is -12.6. The molecule has 3 N–H and O–H groups in total. The van der Waals surface area contributed by atoms with Crippen molar-refractivity contribution in [2.45, 2.75) is 89.4 Å². The number of H-pyrrole nitrogens is 2. The van der Waals surface area contributed by atoms with Crippen LogP contribution >= 0.6 is 0 Å². The van der Waals surface area contributed by atoms with Gasteiger partial charge in [-0.1, -0.05) is 38.2 Å². The number of carbonyl (C=O) groups is 3. The van der Waals surface area contributed by atoms with Crippen molar-refractivity contribution in [2.75, 3.05) is 6.54 Å². The van der Waals surface area contributed by atoms with Gasteiger partial charge in [0.2, 0.25) is 0 Å². The van der Waals surface area contributed by atoms with Gasteiger partial charge in [0.05, 0.1) is 40.3 Å². The topological polar surface area (TPSA) is 132 Å². The minimum absolute atomic E-state index is 0.107. The molecule has 0 saturated carbocycles. The van der Waals surface area contributed by atoms with Gasteiger partial charge in [0.1, 0.15) is 0 Å². The number of aromatic nitrogens is 4. The normalized spacial score (nSPS) is 21.6. The first-order valence-electron chi connectivity index (χ1n) is 39.1. The van der Waals surface area contributed by atoms with Crippen LogP contribution in [0.1, 0.15) is 147 Å². The van der Waals surface area contributed by atoms with E-state index >= 15 is 9.59 Å². The van der Waals surface area contributed by atoms with Crippen molar-refractivity contribution in [2.24, 2.45) is 0 Å². The van der Waals surface area contributed by atoms with Crippen LogP contribution in [0.3, 0.4) is 0 Å². The number of imide groups is 1. The smallest absolute Gasteiger partial charge is 0.303 e. The molecule has 5 aliphatic carbocycles. The van der Waals surface area contributed by atoms with Crippen LogP contribution in [-0.4, -0.2) is 54.3 Å². The Bertz CT molecular complexity index is 9810. The largest absolute Gasteiger partial charge is 0.481 e. The van der Waals surface area contributed by atoms with Gasteiger partial charge in [-0.15, -0.1) is 0 Å². The minimum Gasteiger partial charge on any atom is -0.481 e. The minimum atomic E-state index is -0.903. The van der Waals surface area contributed by atoms with Gasteiger partial charge in [-0.2, -0.15) is 0 Å². The van der Waals surface area contributed by atoms with Gasteiger partial charge < -0.3 is 15.1 Å². The van der Waals surface area contributed by atoms with E-state index in [-0.39, 0.29) is 37.1 Å². The molecule has 31 aromatic rings. The molecule has 8 bridgehead atoms. The highest BCUT2D eigenvalue weighted by atomic mass is 16.4. The highest BCUT2D eigenvalue weighted by Crippen LogP contribution is 2.86. The van der Waals surface area contributed by atoms with Gasteiger partial charge in [0, 0.05) is 56.9 Å². The molecule has 6 heterocycles. The number of aryl methyl sites for hydroxylation is 2. The van der Waals surface area contributed by atoms with E-state index in [0.29, 0.717) is 34.3 Å². The lowest BCUT2D eigenvalue weighted by Gasteiger charge is -2.57. The number of hydrogen-bond donors (Lipinski definition) is 3. The van der Waals surface area contributed by atoms with Gasteiger partial charge in [-0.05, 0) is 400 Å². The van der Waals surface area contributed by atoms with Crippen molar-refractivity contribution in [1.29, 1.82) is 0 Å². The second kappa shape index (κ2) is 12.3. The van der Waals surface area contributed by atoms with Gasteiger partial charge in [-0.3, -0.25) is 24.3 Å². The van der Waals surface area contributed by atoms with Crippen LogP contribution < -0.4 is 0 Å². The number of rotatable bonds is 7. The monoisotopic (exact) mass is 1350 g/mol. The number of benzene rings is 18. The molecule has 28 aromatic carbocycles. The summed E-state index contributed by atoms with van der Waals surface area (Å²) in [6.07, 6.45) is 6.78. The SMILES string of the molecule is C=Cc1c(C)c2cc3nc(c4c5[nH]c(cc6nc(cc1[nH]2)C(C)=C6CC)c(C)c5C(=O)N(CC1=CCC25c6c7c8c9c%10c%11c(c%12c%13c2c2c6c6c%14c7c7c8c8c%10c%10c%15c%11c%11c%12c%12c%13c%13c2c2c6c6c%14c%14c7c7c8c%10c8c%10c%15c%11c%11c%12c%12c%13c2c2c6c6c%14c7c8c7c%10c%11c%12c2c67)C95C1)C4=O)[C@@H](CCC(=O)O)[C@@H]3C. The molecule has 3 aromatic heterocycles. The lowest BCUT2D eigenvalue weighted by molar-refractivity contribution is -0.137. The van der Waals surface area contributed by atoms with E-state index in [1.807, 2.05) is 13.0 Å². The van der Waals surface area contributed by atoms with Crippen molar-refractivity contribution >= 4 is 348 Å². The Balaban J connectivity index is 0.698. The first-order valence-corrected chi connectivity index (χ1v) is 39.1. The fourth-order valence-corrected chi connectivity index (χ4v) is 32.1. The van der Waals surface area contributed by atoms with E-state index in [2.05, 4.69) is 68.5 Å². The number of nitrogens with zero attached hydrogens (tertiary/aromatic N) is 3. The number of fused-ring (bicyclic) bond motifs is 8. The number of hydrogen-bond acceptors (Lipinski definition) is 5. The molecule has 0 radical (unpaired) electrons. The number of aliphatic carboxylic acids is 1. The van der Waals surface area contributed by atoms with Gasteiger partial charge in [-0.25, -0.2) is 4.98 Å². The van der Waals surface area contributed by atoms with E-state index < -0.39 is 22.7 Å². The van der Waals surface area contributed by atoms with Crippen molar-refractivity contribution in [3.63, 3.8) is 0 Å². The molecule has 2 atom stereocenters. The van der Waals surface area contributed by atoms with Crippen molar-refractivity contribution in [3.05, 3.63) is 109 Å². The fraction of sp³-hybridized carbons (Fsp3) is 0.153. The number of nitrogens with one attached hydrogen (secondary N) is 2. The highest BCUT2D eigenvalue weighted by Gasteiger charge is 2.70. The zero-order valence-corrected chi connectivity index (χ0v) is 57.5. The standard InChI is InChI=1S/C98H39N5O4/c1-7-23-18(3)26-13-28-20(5)25(9-10-32(104)105)93(101-28)88-94-33(21(6)29(102-94)15-31-24(8-2)19(4)27(100-31)14-30(23)99-26)95(106)103(96(88)107)17-22-11-12-97-89-80-72-62-52-44-36-34-35-38-42-40(36)48-56-50(42)60-54-46(38)47-39(35)43-41-37(34)45(44)53-59-49(41)57-51(43)61-55(47)65-64(54)74-68(60)78-70(56)76(66(72)58(48)52)82(89)84(78)91-86(74)87-75(65)69(61)79-71(57)77-67(59)73(63(53)62)81(80)90(97)83(77)85(79)92(87)98(91,97)16-22/h7,11,13-15,20,25,99,102H,1,8-10,12,16-17H2,2-6H3,(H,104,105)/t20-,25-,97?,98?/m0/s1. The zero-order valence-electron chi connectivity index (χ0n) is 57.5. The number of carboxylic acids is 1. The lowest BCUT2D eigenvalue weighted by atomic mass is 9.44. The molecule has 0 unspecified atom stereocenters. The highest BCUT2D eigenvalue weighted by molar-refractivity contribution is 6.82. The molecular weight excluding hydrogens is 1310 g/mol. The third-order valence-corrected chi connectivity index (χ3v) is 34.5. The average Bonchev–Trinajstić information content (AvgIpc) is 1.35. The van der Waals surface area contributed by atoms with E-state index in [4.69, 9.17) is 9.97 Å². The summed E-state index contributed by atoms with van der Waals surface area (Å²) in [6.45, 7) is 15.0. The van der Waals surface area contributed by atoms with Crippen LogP contribution in [0.15, 0.2) is 36.4 Å². The average molecular weight is 1350 g/mol. The van der Waals surface area contributed by atoms with E-state index in [0.717, 1.165) is 74.4 Å². The number of carboxylic acid groups (broad SMARTS) is 1. The van der Waals surface area contributed by atoms with Crippen LogP contribution in [0.5, 0.6) is 0 Å². The summed E-state index contributed by atoms with van der Waals surface area (Å²) >= 11 is 0. The first-order chi connectivity index (χ1) is 52.5. The molecule has 2 spiro atoms. The molecule has 9 heteroatoms. The molecule has 9 nitrogen and oxygen atoms in total. The van der Waals surface area contributed by atoms with Crippen LogP contribution in [0, 0.1) is 13.8 Å². The molecule has 107 heavy (non-hydrogen) atoms. The summed E-state index contributed by atoms with van der Waals surface area (Å²) in [5.74, 6) is -2.32. The third kappa shape index (κ3) is 3.33. The Morgan fingerprint density at radius 2 is 0.850 bits per heavy atom. The quantitative estimate of drug-likeness (QED) is 0.0827. The maximum atomic E-state index is 17.1. The number of carbonyl (C=O) groups excluding carboxylic acids is 2. The van der Waals surface area contributed by atoms with E-state index in [1.54, 1.807) is 275 Å². The summed E-state index contributed by atoms with van der Waals surface area (Å²) < 4.78 is 0. The summed E-state index contributed by atoms with van der Waals surface area (Å²) in [6, 6.07) is 6.30. The zero-order chi connectivity index (χ0) is 67.8. The van der Waals surface area contributed by atoms with Crippen LogP contribution in [0.2, 0.25) is 0 Å². The van der Waals surface area contributed by atoms with Crippen molar-refractivity contribution in [3.8, 4) is 0 Å². The summed E-state index contributed by atoms with van der Waals surface area (Å²) in [4.78, 5) is 66.9. The van der Waals surface area contributed by atoms with Gasteiger partial charge in [0.25, 0.3) is 11.8 Å². The predicted molar refractivity (Wildman–Crippen MR) is 438 cm³/mol. The van der Waals surface area contributed by atoms with Crippen LogP contribution in [0.25, 0.3) is 330 Å². The third-order valence-electron chi connectivity index (χ3n) is 34.5. The number of amides is 2. The molecule has 2 amide bonds. The maximum absolute atomic E-state index is 17.1. The van der Waals surface area contributed by atoms with Gasteiger partial charge >= 0.3 is 5.97 Å². The molecule has 0 saturated heterocycles.